The summed E-state index contributed by atoms with van der Waals surface area (Å²) in [5, 5.41) is 0. The minimum Gasteiger partial charge on any atom is -0.447 e. The van der Waals surface area contributed by atoms with E-state index in [1.165, 1.54) is 4.90 Å². The Morgan fingerprint density at radius 3 is 2.52 bits per heavy atom. The Balaban J connectivity index is 1.58. The fourth-order valence-corrected chi connectivity index (χ4v) is 4.57. The van der Waals surface area contributed by atoms with Gasteiger partial charge in [-0.2, -0.15) is 0 Å². The van der Waals surface area contributed by atoms with Crippen LogP contribution in [0.5, 0.6) is 0 Å². The first kappa shape index (κ1) is 19.8. The summed E-state index contributed by atoms with van der Waals surface area (Å²) in [6.45, 7) is 0.202. The predicted molar refractivity (Wildman–Crippen MR) is 111 cm³/mol. The highest BCUT2D eigenvalue weighted by molar-refractivity contribution is 9.10. The van der Waals surface area contributed by atoms with Crippen LogP contribution in [-0.2, 0) is 20.7 Å². The molecule has 1 saturated carbocycles. The average Bonchev–Trinajstić information content (AvgIpc) is 3.09. The van der Waals surface area contributed by atoms with Crippen LogP contribution in [0.25, 0.3) is 0 Å². The van der Waals surface area contributed by atoms with Gasteiger partial charge in [-0.05, 0) is 36.1 Å². The molecule has 2 fully saturated rings. The second-order valence-electron chi connectivity index (χ2n) is 7.67. The maximum absolute atomic E-state index is 13.5. The number of hydrogen-bond donors (Lipinski definition) is 0. The number of ether oxygens (including phenoxy) is 1. The van der Waals surface area contributed by atoms with Gasteiger partial charge >= 0.3 is 6.09 Å². The van der Waals surface area contributed by atoms with Gasteiger partial charge in [0.15, 0.2) is 0 Å². The highest BCUT2D eigenvalue weighted by Gasteiger charge is 2.44. The molecule has 1 aliphatic carbocycles. The van der Waals surface area contributed by atoms with Gasteiger partial charge in [-0.25, -0.2) is 9.69 Å². The highest BCUT2D eigenvalue weighted by Crippen LogP contribution is 2.39. The third kappa shape index (κ3) is 4.27. The molecule has 0 bridgehead atoms. The number of rotatable bonds is 4. The number of ketones is 1. The number of carbonyl (C=O) groups is 3. The van der Waals surface area contributed by atoms with Gasteiger partial charge in [0, 0.05) is 29.2 Å². The summed E-state index contributed by atoms with van der Waals surface area (Å²) in [5.74, 6) is -0.693. The fourth-order valence-electron chi connectivity index (χ4n) is 4.31. The number of nitrogens with zero attached hydrogens (tertiary/aromatic N) is 1. The van der Waals surface area contributed by atoms with E-state index in [9.17, 15) is 14.4 Å². The van der Waals surface area contributed by atoms with Crippen molar-refractivity contribution >= 4 is 33.7 Å². The maximum Gasteiger partial charge on any atom is 0.416 e. The molecule has 0 unspecified atom stereocenters. The van der Waals surface area contributed by atoms with Gasteiger partial charge in [0.25, 0.3) is 0 Å². The topological polar surface area (TPSA) is 63.7 Å². The van der Waals surface area contributed by atoms with Gasteiger partial charge in [0.05, 0.1) is 6.04 Å². The van der Waals surface area contributed by atoms with E-state index in [4.69, 9.17) is 4.74 Å². The summed E-state index contributed by atoms with van der Waals surface area (Å²) < 4.78 is 6.18. The lowest BCUT2D eigenvalue weighted by Gasteiger charge is -2.33. The molecule has 1 saturated heterocycles. The SMILES string of the molecule is O=C1CC[C@@H](C(=O)N2C(=O)OC[C@H]2Cc2ccccc2)[C@H](c2ccc(Br)cc2)C1. The maximum atomic E-state index is 13.5. The van der Waals surface area contributed by atoms with Gasteiger partial charge in [0.1, 0.15) is 12.4 Å². The summed E-state index contributed by atoms with van der Waals surface area (Å²) in [7, 11) is 0. The van der Waals surface area contributed by atoms with Gasteiger partial charge < -0.3 is 4.74 Å². The zero-order valence-corrected chi connectivity index (χ0v) is 17.5. The van der Waals surface area contributed by atoms with Crippen LogP contribution >= 0.6 is 15.9 Å². The number of amides is 2. The second-order valence-corrected chi connectivity index (χ2v) is 8.59. The van der Waals surface area contributed by atoms with Crippen LogP contribution in [0, 0.1) is 5.92 Å². The quantitative estimate of drug-likeness (QED) is 0.680. The van der Waals surface area contributed by atoms with Crippen LogP contribution in [0.2, 0.25) is 0 Å². The molecule has 0 aromatic heterocycles. The fraction of sp³-hybridized carbons (Fsp3) is 0.348. The standard InChI is InChI=1S/C23H22BrNO4/c24-17-8-6-16(7-9-17)21-13-19(26)10-11-20(21)22(27)25-18(14-29-23(25)28)12-15-4-2-1-3-5-15/h1-9,18,20-21H,10-14H2/t18-,20-,21+/m1/s1. The Morgan fingerprint density at radius 2 is 1.79 bits per heavy atom. The Hall–Kier alpha value is -2.47. The van der Waals surface area contributed by atoms with E-state index in [0.29, 0.717) is 25.7 Å². The molecule has 1 aliphatic heterocycles. The van der Waals surface area contributed by atoms with Crippen molar-refractivity contribution in [3.63, 3.8) is 0 Å². The number of cyclic esters (lactones) is 1. The first-order valence-electron chi connectivity index (χ1n) is 9.84. The first-order chi connectivity index (χ1) is 14.0. The third-order valence-electron chi connectivity index (χ3n) is 5.80. The minimum absolute atomic E-state index is 0.159. The van der Waals surface area contributed by atoms with Crippen LogP contribution in [0.1, 0.15) is 36.3 Å². The van der Waals surface area contributed by atoms with Crippen molar-refractivity contribution in [1.82, 2.24) is 4.90 Å². The lowest BCUT2D eigenvalue weighted by molar-refractivity contribution is -0.136. The van der Waals surface area contributed by atoms with E-state index in [1.807, 2.05) is 54.6 Å². The molecule has 150 valence electrons. The van der Waals surface area contributed by atoms with Crippen molar-refractivity contribution in [2.24, 2.45) is 5.92 Å². The number of benzene rings is 2. The van der Waals surface area contributed by atoms with Crippen LogP contribution < -0.4 is 0 Å². The molecule has 6 heteroatoms. The van der Waals surface area contributed by atoms with E-state index < -0.39 is 12.0 Å². The molecule has 1 heterocycles. The van der Waals surface area contributed by atoms with Crippen LogP contribution in [-0.4, -0.2) is 35.3 Å². The molecule has 4 rings (SSSR count). The summed E-state index contributed by atoms with van der Waals surface area (Å²) in [6, 6.07) is 17.2. The van der Waals surface area contributed by atoms with Gasteiger partial charge in [-0.1, -0.05) is 58.4 Å². The zero-order valence-electron chi connectivity index (χ0n) is 15.9. The average molecular weight is 456 g/mol. The molecule has 0 spiro atoms. The molecule has 5 nitrogen and oxygen atoms in total. The van der Waals surface area contributed by atoms with Crippen LogP contribution in [0.4, 0.5) is 4.79 Å². The summed E-state index contributed by atoms with van der Waals surface area (Å²) in [5.41, 5.74) is 2.00. The van der Waals surface area contributed by atoms with Crippen molar-refractivity contribution < 1.29 is 19.1 Å². The van der Waals surface area contributed by atoms with E-state index in [1.54, 1.807) is 0 Å². The van der Waals surface area contributed by atoms with Crippen molar-refractivity contribution in [3.8, 4) is 0 Å². The Morgan fingerprint density at radius 1 is 1.07 bits per heavy atom. The molecule has 0 radical (unpaired) electrons. The number of Topliss-reactive ketones (excluding diaryl/α,β-unsaturated/α-hetero) is 1. The lowest BCUT2D eigenvalue weighted by Crippen LogP contribution is -2.46. The van der Waals surface area contributed by atoms with Gasteiger partial charge in [-0.15, -0.1) is 0 Å². The normalized spacial score (nSPS) is 24.4. The molecule has 2 aromatic rings. The van der Waals surface area contributed by atoms with Crippen molar-refractivity contribution in [3.05, 3.63) is 70.2 Å². The number of halogens is 1. The summed E-state index contributed by atoms with van der Waals surface area (Å²) in [6.07, 6.45) is 1.13. The highest BCUT2D eigenvalue weighted by atomic mass is 79.9. The van der Waals surface area contributed by atoms with Crippen molar-refractivity contribution in [2.45, 2.75) is 37.6 Å². The van der Waals surface area contributed by atoms with Crippen molar-refractivity contribution in [2.75, 3.05) is 6.61 Å². The first-order valence-corrected chi connectivity index (χ1v) is 10.6. The van der Waals surface area contributed by atoms with E-state index in [2.05, 4.69) is 15.9 Å². The third-order valence-corrected chi connectivity index (χ3v) is 6.32. The smallest absolute Gasteiger partial charge is 0.416 e. The zero-order chi connectivity index (χ0) is 20.4. The van der Waals surface area contributed by atoms with E-state index in [0.717, 1.165) is 15.6 Å². The monoisotopic (exact) mass is 455 g/mol. The van der Waals surface area contributed by atoms with Crippen molar-refractivity contribution in [1.29, 1.82) is 0 Å². The number of imide groups is 1. The van der Waals surface area contributed by atoms with Gasteiger partial charge in [0.2, 0.25) is 5.91 Å². The van der Waals surface area contributed by atoms with E-state index >= 15 is 0 Å². The van der Waals surface area contributed by atoms with E-state index in [-0.39, 0.29) is 30.3 Å². The number of carbonyl (C=O) groups excluding carboxylic acids is 3. The molecule has 2 aliphatic rings. The number of hydrogen-bond acceptors (Lipinski definition) is 4. The molecule has 29 heavy (non-hydrogen) atoms. The Labute approximate surface area is 178 Å². The summed E-state index contributed by atoms with van der Waals surface area (Å²) >= 11 is 3.42. The minimum atomic E-state index is -0.581. The molecular weight excluding hydrogens is 434 g/mol. The molecule has 2 amide bonds. The molecule has 0 N–H and O–H groups in total. The second kappa shape index (κ2) is 8.49. The van der Waals surface area contributed by atoms with Gasteiger partial charge in [-0.3, -0.25) is 9.59 Å². The lowest BCUT2D eigenvalue weighted by atomic mass is 9.74. The summed E-state index contributed by atoms with van der Waals surface area (Å²) in [4.78, 5) is 39.3. The van der Waals surface area contributed by atoms with Crippen LogP contribution in [0.3, 0.4) is 0 Å². The largest absolute Gasteiger partial charge is 0.447 e. The van der Waals surface area contributed by atoms with Crippen LogP contribution in [0.15, 0.2) is 59.1 Å². The Kier molecular flexibility index (Phi) is 5.81. The Bertz CT molecular complexity index is 912. The molecular formula is C23H22BrNO4. The predicted octanol–water partition coefficient (Wildman–Crippen LogP) is 4.49. The molecule has 3 atom stereocenters. The molecule has 2 aromatic carbocycles.